The number of halogens is 1. The van der Waals surface area contributed by atoms with Crippen molar-refractivity contribution >= 4 is 0 Å². The van der Waals surface area contributed by atoms with Gasteiger partial charge in [-0.25, -0.2) is 4.39 Å². The van der Waals surface area contributed by atoms with E-state index in [1.807, 2.05) is 19.9 Å². The van der Waals surface area contributed by atoms with Gasteiger partial charge in [-0.15, -0.1) is 0 Å². The lowest BCUT2D eigenvalue weighted by Crippen LogP contribution is -2.16. The summed E-state index contributed by atoms with van der Waals surface area (Å²) in [5.74, 6) is 0.153. The van der Waals surface area contributed by atoms with Crippen molar-refractivity contribution in [3.63, 3.8) is 0 Å². The minimum atomic E-state index is -1.25. The van der Waals surface area contributed by atoms with Crippen molar-refractivity contribution in [1.82, 2.24) is 0 Å². The number of hydrogen-bond donors (Lipinski definition) is 0. The summed E-state index contributed by atoms with van der Waals surface area (Å²) in [5.41, 5.74) is 2.98. The van der Waals surface area contributed by atoms with Gasteiger partial charge in [0.05, 0.1) is 0 Å². The highest BCUT2D eigenvalue weighted by Gasteiger charge is 2.22. The van der Waals surface area contributed by atoms with Crippen LogP contribution in [0.3, 0.4) is 0 Å². The molecule has 16 heavy (non-hydrogen) atoms. The molecule has 0 heterocycles. The summed E-state index contributed by atoms with van der Waals surface area (Å²) in [7, 11) is 0. The van der Waals surface area contributed by atoms with Crippen LogP contribution < -0.4 is 0 Å². The zero-order valence-corrected chi connectivity index (χ0v) is 10.9. The molecule has 0 spiro atoms. The standard InChI is InChI=1S/C15H21F/c1-10-7-8-11(2)14(13(10)4)9-12(3)15(5,6)16/h7-9,14H,4H2,1-3,5-6H3/b12-9+. The first-order valence-corrected chi connectivity index (χ1v) is 5.65. The van der Waals surface area contributed by atoms with Gasteiger partial charge in [-0.05, 0) is 51.3 Å². The zero-order chi connectivity index (χ0) is 12.5. The molecule has 0 aromatic carbocycles. The lowest BCUT2D eigenvalue weighted by Gasteiger charge is -2.24. The van der Waals surface area contributed by atoms with Crippen LogP contribution in [0.1, 0.15) is 34.6 Å². The van der Waals surface area contributed by atoms with Crippen molar-refractivity contribution < 1.29 is 4.39 Å². The molecule has 0 saturated heterocycles. The van der Waals surface area contributed by atoms with Crippen LogP contribution in [0.5, 0.6) is 0 Å². The summed E-state index contributed by atoms with van der Waals surface area (Å²) >= 11 is 0. The molecule has 0 N–H and O–H groups in total. The largest absolute Gasteiger partial charge is 0.240 e. The highest BCUT2D eigenvalue weighted by atomic mass is 19.1. The monoisotopic (exact) mass is 220 g/mol. The highest BCUT2D eigenvalue weighted by Crippen LogP contribution is 2.33. The van der Waals surface area contributed by atoms with Crippen molar-refractivity contribution in [2.75, 3.05) is 0 Å². The van der Waals surface area contributed by atoms with Gasteiger partial charge in [-0.3, -0.25) is 0 Å². The van der Waals surface area contributed by atoms with Gasteiger partial charge in [-0.2, -0.15) is 0 Å². The second-order valence-corrected chi connectivity index (χ2v) is 5.09. The quantitative estimate of drug-likeness (QED) is 0.589. The Bertz CT molecular complexity index is 384. The predicted octanol–water partition coefficient (Wildman–Crippen LogP) is 4.76. The van der Waals surface area contributed by atoms with E-state index < -0.39 is 5.67 Å². The molecule has 1 unspecified atom stereocenters. The van der Waals surface area contributed by atoms with Crippen molar-refractivity contribution in [3.8, 4) is 0 Å². The summed E-state index contributed by atoms with van der Waals surface area (Å²) < 4.78 is 13.8. The first kappa shape index (κ1) is 13.0. The van der Waals surface area contributed by atoms with Crippen molar-refractivity contribution in [3.05, 3.63) is 47.1 Å². The van der Waals surface area contributed by atoms with Crippen LogP contribution in [0.15, 0.2) is 47.1 Å². The molecular formula is C15H21F. The van der Waals surface area contributed by atoms with Crippen LogP contribution >= 0.6 is 0 Å². The molecule has 1 atom stereocenters. The summed E-state index contributed by atoms with van der Waals surface area (Å²) in [6.07, 6.45) is 6.15. The molecule has 0 amide bonds. The van der Waals surface area contributed by atoms with Gasteiger partial charge in [0.2, 0.25) is 0 Å². The first-order valence-electron chi connectivity index (χ1n) is 5.65. The Kier molecular flexibility index (Phi) is 3.57. The van der Waals surface area contributed by atoms with E-state index in [0.717, 1.165) is 11.1 Å². The van der Waals surface area contributed by atoms with E-state index >= 15 is 0 Å². The third-order valence-electron chi connectivity index (χ3n) is 3.32. The fourth-order valence-electron chi connectivity index (χ4n) is 1.67. The Balaban J connectivity index is 3.04. The van der Waals surface area contributed by atoms with Crippen LogP contribution in [-0.2, 0) is 0 Å². The number of alkyl halides is 1. The average Bonchev–Trinajstić information content (AvgIpc) is 2.17. The predicted molar refractivity (Wildman–Crippen MR) is 69.1 cm³/mol. The molecule has 1 aliphatic rings. The van der Waals surface area contributed by atoms with Gasteiger partial charge < -0.3 is 0 Å². The van der Waals surface area contributed by atoms with Gasteiger partial charge in [0.1, 0.15) is 5.67 Å². The Morgan fingerprint density at radius 1 is 1.38 bits per heavy atom. The molecule has 1 heteroatoms. The van der Waals surface area contributed by atoms with Gasteiger partial charge in [-0.1, -0.05) is 30.4 Å². The van der Waals surface area contributed by atoms with Crippen LogP contribution in [-0.4, -0.2) is 5.67 Å². The van der Waals surface area contributed by atoms with E-state index in [1.165, 1.54) is 11.1 Å². The van der Waals surface area contributed by atoms with Gasteiger partial charge in [0.25, 0.3) is 0 Å². The highest BCUT2D eigenvalue weighted by molar-refractivity contribution is 5.45. The molecular weight excluding hydrogens is 199 g/mol. The minimum Gasteiger partial charge on any atom is -0.240 e. The lowest BCUT2D eigenvalue weighted by molar-refractivity contribution is 0.267. The van der Waals surface area contributed by atoms with E-state index in [4.69, 9.17) is 0 Å². The Hall–Kier alpha value is -1.11. The topological polar surface area (TPSA) is 0 Å². The molecule has 1 rings (SSSR count). The molecule has 0 fully saturated rings. The molecule has 0 nitrogen and oxygen atoms in total. The number of allylic oxidation sites excluding steroid dienone is 7. The molecule has 1 aliphatic carbocycles. The fraction of sp³-hybridized carbons (Fsp3) is 0.467. The van der Waals surface area contributed by atoms with Crippen molar-refractivity contribution in [1.29, 1.82) is 0 Å². The maximum Gasteiger partial charge on any atom is 0.126 e. The van der Waals surface area contributed by atoms with E-state index in [0.29, 0.717) is 0 Å². The van der Waals surface area contributed by atoms with E-state index in [-0.39, 0.29) is 5.92 Å². The molecule has 0 bridgehead atoms. The summed E-state index contributed by atoms with van der Waals surface area (Å²) in [6.45, 7) is 13.2. The summed E-state index contributed by atoms with van der Waals surface area (Å²) in [4.78, 5) is 0. The Morgan fingerprint density at radius 2 is 1.94 bits per heavy atom. The van der Waals surface area contributed by atoms with Gasteiger partial charge in [0.15, 0.2) is 0 Å². The van der Waals surface area contributed by atoms with Crippen LogP contribution in [0.25, 0.3) is 0 Å². The van der Waals surface area contributed by atoms with Gasteiger partial charge in [0, 0.05) is 5.92 Å². The average molecular weight is 220 g/mol. The molecule has 0 aromatic rings. The number of hydrogen-bond acceptors (Lipinski definition) is 0. The fourth-order valence-corrected chi connectivity index (χ4v) is 1.67. The Labute approximate surface area is 98.2 Å². The molecule has 0 saturated carbocycles. The molecule has 0 aromatic heterocycles. The molecule has 0 radical (unpaired) electrons. The van der Waals surface area contributed by atoms with Crippen LogP contribution in [0.4, 0.5) is 4.39 Å². The van der Waals surface area contributed by atoms with E-state index in [2.05, 4.69) is 25.7 Å². The molecule has 88 valence electrons. The van der Waals surface area contributed by atoms with E-state index in [1.54, 1.807) is 13.8 Å². The first-order chi connectivity index (χ1) is 7.23. The van der Waals surface area contributed by atoms with Crippen molar-refractivity contribution in [2.45, 2.75) is 40.3 Å². The second-order valence-electron chi connectivity index (χ2n) is 5.09. The third kappa shape index (κ3) is 2.72. The summed E-state index contributed by atoms with van der Waals surface area (Å²) in [5, 5.41) is 0. The number of rotatable bonds is 2. The second kappa shape index (κ2) is 4.40. The summed E-state index contributed by atoms with van der Waals surface area (Å²) in [6, 6.07) is 0. The maximum absolute atomic E-state index is 13.8. The minimum absolute atomic E-state index is 0.153. The lowest BCUT2D eigenvalue weighted by atomic mass is 9.82. The SMILES string of the molecule is C=C1C(C)=CC=C(C)C1/C=C(\C)C(C)(C)F. The molecule has 0 aliphatic heterocycles. The third-order valence-corrected chi connectivity index (χ3v) is 3.32. The maximum atomic E-state index is 13.8. The zero-order valence-electron chi connectivity index (χ0n) is 10.9. The van der Waals surface area contributed by atoms with Crippen molar-refractivity contribution in [2.24, 2.45) is 5.92 Å². The van der Waals surface area contributed by atoms with Crippen LogP contribution in [0.2, 0.25) is 0 Å². The smallest absolute Gasteiger partial charge is 0.126 e. The normalized spacial score (nSPS) is 23.0. The van der Waals surface area contributed by atoms with Gasteiger partial charge >= 0.3 is 0 Å². The van der Waals surface area contributed by atoms with Crippen LogP contribution in [0, 0.1) is 5.92 Å². The Morgan fingerprint density at radius 3 is 2.44 bits per heavy atom. The van der Waals surface area contributed by atoms with E-state index in [9.17, 15) is 4.39 Å².